The van der Waals surface area contributed by atoms with Gasteiger partial charge in [-0.05, 0) is 54.2 Å². The van der Waals surface area contributed by atoms with E-state index in [0.29, 0.717) is 6.42 Å². The molecule has 2 N–H and O–H groups in total. The summed E-state index contributed by atoms with van der Waals surface area (Å²) < 4.78 is 0. The van der Waals surface area contributed by atoms with Gasteiger partial charge in [-0.2, -0.15) is 0 Å². The Morgan fingerprint density at radius 1 is 1.04 bits per heavy atom. The summed E-state index contributed by atoms with van der Waals surface area (Å²) in [5, 5.41) is 4.11. The maximum absolute atomic E-state index is 12.2. The lowest BCUT2D eigenvalue weighted by Gasteiger charge is -2.19. The molecule has 2 aromatic carbocycles. The van der Waals surface area contributed by atoms with E-state index in [0.717, 1.165) is 28.7 Å². The van der Waals surface area contributed by atoms with Crippen molar-refractivity contribution in [1.29, 1.82) is 0 Å². The van der Waals surface area contributed by atoms with Crippen LogP contribution in [0.3, 0.4) is 0 Å². The number of amides is 1. The van der Waals surface area contributed by atoms with Gasteiger partial charge in [0.15, 0.2) is 0 Å². The lowest BCUT2D eigenvalue weighted by Crippen LogP contribution is -2.13. The van der Waals surface area contributed by atoms with E-state index in [4.69, 9.17) is 0 Å². The van der Waals surface area contributed by atoms with Gasteiger partial charge in [-0.25, -0.2) is 0 Å². The summed E-state index contributed by atoms with van der Waals surface area (Å²) in [5.41, 5.74) is 5.73. The van der Waals surface area contributed by atoms with E-state index in [1.165, 1.54) is 11.1 Å². The Hall–Kier alpha value is -2.55. The fraction of sp³-hybridized carbons (Fsp3) is 0.318. The van der Waals surface area contributed by atoms with Crippen molar-refractivity contribution in [2.75, 3.05) is 5.32 Å². The molecule has 0 aliphatic carbocycles. The third-order valence-corrected chi connectivity index (χ3v) is 4.50. The SMILES string of the molecule is Cc1cc2cc(NC(=O)CCc3ccc(C(C)(C)C)cc3)ccc2[nH]1. The average molecular weight is 334 g/mol. The second kappa shape index (κ2) is 6.75. The number of aromatic nitrogens is 1. The van der Waals surface area contributed by atoms with Crippen LogP contribution in [-0.2, 0) is 16.6 Å². The van der Waals surface area contributed by atoms with Crippen molar-refractivity contribution in [3.8, 4) is 0 Å². The van der Waals surface area contributed by atoms with Crippen LogP contribution in [0.2, 0.25) is 0 Å². The molecule has 0 aliphatic rings. The van der Waals surface area contributed by atoms with E-state index in [2.05, 4.69) is 61.4 Å². The van der Waals surface area contributed by atoms with E-state index >= 15 is 0 Å². The number of benzene rings is 2. The van der Waals surface area contributed by atoms with E-state index in [1.807, 2.05) is 25.1 Å². The van der Waals surface area contributed by atoms with Crippen LogP contribution in [0.25, 0.3) is 10.9 Å². The molecule has 0 aliphatic heterocycles. The quantitative estimate of drug-likeness (QED) is 0.664. The summed E-state index contributed by atoms with van der Waals surface area (Å²) >= 11 is 0. The zero-order chi connectivity index (χ0) is 18.0. The molecule has 0 unspecified atom stereocenters. The Kier molecular flexibility index (Phi) is 4.67. The van der Waals surface area contributed by atoms with Gasteiger partial charge >= 0.3 is 0 Å². The number of carbonyl (C=O) groups is 1. The van der Waals surface area contributed by atoms with Crippen LogP contribution in [0, 0.1) is 6.92 Å². The Labute approximate surface area is 149 Å². The number of aromatic amines is 1. The van der Waals surface area contributed by atoms with E-state index in [-0.39, 0.29) is 11.3 Å². The molecule has 3 aromatic rings. The Morgan fingerprint density at radius 3 is 2.44 bits per heavy atom. The summed E-state index contributed by atoms with van der Waals surface area (Å²) in [6, 6.07) is 16.6. The van der Waals surface area contributed by atoms with Gasteiger partial charge in [0, 0.05) is 28.7 Å². The molecule has 0 spiro atoms. The topological polar surface area (TPSA) is 44.9 Å². The van der Waals surface area contributed by atoms with Gasteiger partial charge in [-0.1, -0.05) is 45.0 Å². The first-order valence-electron chi connectivity index (χ1n) is 8.80. The predicted octanol–water partition coefficient (Wildman–Crippen LogP) is 5.35. The number of rotatable bonds is 4. The largest absolute Gasteiger partial charge is 0.359 e. The van der Waals surface area contributed by atoms with Gasteiger partial charge in [0.1, 0.15) is 0 Å². The highest BCUT2D eigenvalue weighted by atomic mass is 16.1. The first-order valence-corrected chi connectivity index (χ1v) is 8.80. The van der Waals surface area contributed by atoms with Crippen molar-refractivity contribution in [3.63, 3.8) is 0 Å². The summed E-state index contributed by atoms with van der Waals surface area (Å²) in [5.74, 6) is 0.0477. The molecule has 1 heterocycles. The van der Waals surface area contributed by atoms with Gasteiger partial charge < -0.3 is 10.3 Å². The number of carbonyl (C=O) groups excluding carboxylic acids is 1. The van der Waals surface area contributed by atoms with Crippen LogP contribution in [0.1, 0.15) is 44.0 Å². The van der Waals surface area contributed by atoms with Crippen LogP contribution in [0.15, 0.2) is 48.5 Å². The van der Waals surface area contributed by atoms with Crippen LogP contribution >= 0.6 is 0 Å². The number of fused-ring (bicyclic) bond motifs is 1. The van der Waals surface area contributed by atoms with E-state index in [1.54, 1.807) is 0 Å². The van der Waals surface area contributed by atoms with Gasteiger partial charge in [0.05, 0.1) is 0 Å². The normalized spacial score (nSPS) is 11.7. The number of aryl methyl sites for hydroxylation is 2. The van der Waals surface area contributed by atoms with Crippen LogP contribution in [-0.4, -0.2) is 10.9 Å². The second-order valence-electron chi connectivity index (χ2n) is 7.75. The minimum absolute atomic E-state index is 0.0477. The first kappa shape index (κ1) is 17.3. The predicted molar refractivity (Wildman–Crippen MR) is 105 cm³/mol. The molecule has 130 valence electrons. The molecule has 0 bridgehead atoms. The molecule has 3 rings (SSSR count). The maximum atomic E-state index is 12.2. The van der Waals surface area contributed by atoms with Crippen molar-refractivity contribution in [3.05, 3.63) is 65.4 Å². The van der Waals surface area contributed by atoms with Crippen LogP contribution in [0.4, 0.5) is 5.69 Å². The molecule has 0 saturated heterocycles. The smallest absolute Gasteiger partial charge is 0.224 e. The minimum atomic E-state index is 0.0477. The van der Waals surface area contributed by atoms with Gasteiger partial charge in [-0.3, -0.25) is 4.79 Å². The molecular formula is C22H26N2O. The lowest BCUT2D eigenvalue weighted by molar-refractivity contribution is -0.116. The van der Waals surface area contributed by atoms with Gasteiger partial charge in [-0.15, -0.1) is 0 Å². The number of hydrogen-bond acceptors (Lipinski definition) is 1. The van der Waals surface area contributed by atoms with Crippen LogP contribution in [0.5, 0.6) is 0 Å². The zero-order valence-corrected chi connectivity index (χ0v) is 15.4. The highest BCUT2D eigenvalue weighted by Crippen LogP contribution is 2.23. The Bertz CT molecular complexity index is 883. The third kappa shape index (κ3) is 4.30. The fourth-order valence-corrected chi connectivity index (χ4v) is 3.01. The Balaban J connectivity index is 1.58. The van der Waals surface area contributed by atoms with Crippen LogP contribution < -0.4 is 5.32 Å². The van der Waals surface area contributed by atoms with Gasteiger partial charge in [0.2, 0.25) is 5.91 Å². The molecular weight excluding hydrogens is 308 g/mol. The zero-order valence-electron chi connectivity index (χ0n) is 15.4. The van der Waals surface area contributed by atoms with Crippen molar-refractivity contribution in [2.24, 2.45) is 0 Å². The minimum Gasteiger partial charge on any atom is -0.359 e. The maximum Gasteiger partial charge on any atom is 0.224 e. The summed E-state index contributed by atoms with van der Waals surface area (Å²) in [6.07, 6.45) is 1.24. The number of H-pyrrole nitrogens is 1. The number of nitrogens with one attached hydrogen (secondary N) is 2. The lowest BCUT2D eigenvalue weighted by atomic mass is 9.86. The van der Waals surface area contributed by atoms with Gasteiger partial charge in [0.25, 0.3) is 0 Å². The van der Waals surface area contributed by atoms with Crippen molar-refractivity contribution >= 4 is 22.5 Å². The number of hydrogen-bond donors (Lipinski definition) is 2. The summed E-state index contributed by atoms with van der Waals surface area (Å²) in [4.78, 5) is 15.5. The Morgan fingerprint density at radius 2 is 1.76 bits per heavy atom. The molecule has 3 nitrogen and oxygen atoms in total. The molecule has 1 amide bonds. The molecule has 0 atom stereocenters. The third-order valence-electron chi connectivity index (χ3n) is 4.50. The summed E-state index contributed by atoms with van der Waals surface area (Å²) in [7, 11) is 0. The fourth-order valence-electron chi connectivity index (χ4n) is 3.01. The summed E-state index contributed by atoms with van der Waals surface area (Å²) in [6.45, 7) is 8.65. The van der Waals surface area contributed by atoms with Crippen molar-refractivity contribution < 1.29 is 4.79 Å². The average Bonchev–Trinajstić information content (AvgIpc) is 2.92. The molecule has 1 aromatic heterocycles. The molecule has 25 heavy (non-hydrogen) atoms. The highest BCUT2D eigenvalue weighted by Gasteiger charge is 2.13. The highest BCUT2D eigenvalue weighted by molar-refractivity contribution is 5.94. The molecule has 0 saturated carbocycles. The second-order valence-corrected chi connectivity index (χ2v) is 7.75. The van der Waals surface area contributed by atoms with E-state index < -0.39 is 0 Å². The molecule has 0 fully saturated rings. The molecule has 3 heteroatoms. The number of anilines is 1. The van der Waals surface area contributed by atoms with Crippen molar-refractivity contribution in [2.45, 2.75) is 46.0 Å². The van der Waals surface area contributed by atoms with E-state index in [9.17, 15) is 4.79 Å². The standard InChI is InChI=1S/C22H26N2O/c1-15-13-17-14-19(10-11-20(17)23-15)24-21(25)12-7-16-5-8-18(9-6-16)22(2,3)4/h5-6,8-11,13-14,23H,7,12H2,1-4H3,(H,24,25). The monoisotopic (exact) mass is 334 g/mol. The molecule has 0 radical (unpaired) electrons. The first-order chi connectivity index (χ1) is 11.8. The van der Waals surface area contributed by atoms with Crippen molar-refractivity contribution in [1.82, 2.24) is 4.98 Å².